The van der Waals surface area contributed by atoms with Gasteiger partial charge in [0.1, 0.15) is 18.9 Å². The molecule has 2 aromatic rings. The number of hydrazine groups is 1. The number of carbonyl (C=O) groups excluding carboxylic acids is 1. The molecule has 0 amide bonds. The molecule has 148 valence electrons. The van der Waals surface area contributed by atoms with Crippen molar-refractivity contribution in [1.29, 1.82) is 0 Å². The second kappa shape index (κ2) is 10.5. The normalized spacial score (nSPS) is 10.9. The Balaban J connectivity index is 1.95. The SMILES string of the molecule is CCOC(=O)C(NNc1cccc([N+](=O)[O-])c1)=[NH+]CCOc1ccc(C)cc1. The summed E-state index contributed by atoms with van der Waals surface area (Å²) in [6.07, 6.45) is 0. The third-order valence-electron chi connectivity index (χ3n) is 3.56. The second-order valence-corrected chi connectivity index (χ2v) is 5.74. The number of ether oxygens (including phenoxy) is 2. The number of nitrogens with zero attached hydrogens (tertiary/aromatic N) is 1. The summed E-state index contributed by atoms with van der Waals surface area (Å²) < 4.78 is 10.6. The summed E-state index contributed by atoms with van der Waals surface area (Å²) in [5, 5.41) is 10.8. The van der Waals surface area contributed by atoms with Crippen LogP contribution in [0.25, 0.3) is 0 Å². The van der Waals surface area contributed by atoms with Crippen molar-refractivity contribution < 1.29 is 24.2 Å². The highest BCUT2D eigenvalue weighted by molar-refractivity contribution is 6.32. The minimum atomic E-state index is -0.587. The van der Waals surface area contributed by atoms with Gasteiger partial charge in [0.25, 0.3) is 5.69 Å². The van der Waals surface area contributed by atoms with Crippen molar-refractivity contribution in [2.75, 3.05) is 25.2 Å². The lowest BCUT2D eigenvalue weighted by atomic mass is 10.2. The maximum absolute atomic E-state index is 12.1. The van der Waals surface area contributed by atoms with Gasteiger partial charge < -0.3 is 9.47 Å². The molecule has 0 spiro atoms. The van der Waals surface area contributed by atoms with E-state index in [1.54, 1.807) is 13.0 Å². The van der Waals surface area contributed by atoms with Crippen molar-refractivity contribution in [3.8, 4) is 5.75 Å². The van der Waals surface area contributed by atoms with Crippen LogP contribution in [-0.2, 0) is 9.53 Å². The minimum absolute atomic E-state index is 0.0658. The van der Waals surface area contributed by atoms with Crippen LogP contribution in [-0.4, -0.2) is 36.5 Å². The molecule has 2 rings (SSSR count). The molecule has 0 radical (unpaired) electrons. The Kier molecular flexibility index (Phi) is 7.77. The number of nitro benzene ring substituents is 1. The van der Waals surface area contributed by atoms with E-state index in [0.717, 1.165) is 11.3 Å². The lowest BCUT2D eigenvalue weighted by Gasteiger charge is -2.07. The molecule has 0 bridgehead atoms. The molecule has 0 aliphatic heterocycles. The van der Waals surface area contributed by atoms with E-state index < -0.39 is 10.9 Å². The lowest BCUT2D eigenvalue weighted by Crippen LogP contribution is -2.79. The summed E-state index contributed by atoms with van der Waals surface area (Å²) in [7, 11) is 0. The van der Waals surface area contributed by atoms with Gasteiger partial charge in [0, 0.05) is 12.1 Å². The van der Waals surface area contributed by atoms with Gasteiger partial charge >= 0.3 is 11.8 Å². The maximum Gasteiger partial charge on any atom is 0.423 e. The second-order valence-electron chi connectivity index (χ2n) is 5.74. The molecule has 28 heavy (non-hydrogen) atoms. The lowest BCUT2D eigenvalue weighted by molar-refractivity contribution is -0.460. The Bertz CT molecular complexity index is 836. The molecule has 0 saturated carbocycles. The quantitative estimate of drug-likeness (QED) is 0.154. The molecule has 0 fully saturated rings. The molecule has 0 unspecified atom stereocenters. The topological polar surface area (TPSA) is 117 Å². The van der Waals surface area contributed by atoms with Crippen LogP contribution in [0.1, 0.15) is 12.5 Å². The largest absolute Gasteiger partial charge is 0.490 e. The van der Waals surface area contributed by atoms with Crippen molar-refractivity contribution in [2.24, 2.45) is 0 Å². The van der Waals surface area contributed by atoms with Gasteiger partial charge in [0.2, 0.25) is 0 Å². The fourth-order valence-electron chi connectivity index (χ4n) is 2.18. The third kappa shape index (κ3) is 6.60. The third-order valence-corrected chi connectivity index (χ3v) is 3.56. The Labute approximate surface area is 162 Å². The number of amidine groups is 1. The number of benzene rings is 2. The first-order valence-corrected chi connectivity index (χ1v) is 8.73. The first kappa shape index (κ1) is 20.7. The van der Waals surface area contributed by atoms with E-state index in [0.29, 0.717) is 18.8 Å². The fraction of sp³-hybridized carbons (Fsp3) is 0.263. The number of anilines is 1. The van der Waals surface area contributed by atoms with Crippen molar-refractivity contribution >= 4 is 23.2 Å². The predicted molar refractivity (Wildman–Crippen MR) is 104 cm³/mol. The number of nitro groups is 1. The standard InChI is InChI=1S/C19H22N4O5/c1-3-27-19(24)18(20-11-12-28-17-9-7-14(2)8-10-17)22-21-15-5-4-6-16(13-15)23(25)26/h4-10,13,21H,3,11-12H2,1-2H3,(H,20,22)/p+1. The van der Waals surface area contributed by atoms with Gasteiger partial charge in [-0.25, -0.2) is 10.2 Å². The average Bonchev–Trinajstić information content (AvgIpc) is 2.69. The Morgan fingerprint density at radius 2 is 1.96 bits per heavy atom. The number of aryl methyl sites for hydroxylation is 1. The smallest absolute Gasteiger partial charge is 0.423 e. The molecular formula is C19H23N4O5+. The van der Waals surface area contributed by atoms with Crippen LogP contribution in [0.4, 0.5) is 11.4 Å². The highest BCUT2D eigenvalue weighted by Gasteiger charge is 2.20. The Morgan fingerprint density at radius 1 is 1.21 bits per heavy atom. The highest BCUT2D eigenvalue weighted by Crippen LogP contribution is 2.16. The van der Waals surface area contributed by atoms with Gasteiger partial charge in [0.05, 0.1) is 17.2 Å². The van der Waals surface area contributed by atoms with E-state index in [9.17, 15) is 14.9 Å². The summed E-state index contributed by atoms with van der Waals surface area (Å²) in [6.45, 7) is 4.56. The molecule has 0 heterocycles. The number of hydrogen-bond acceptors (Lipinski definition) is 6. The van der Waals surface area contributed by atoms with Gasteiger partial charge in [-0.05, 0) is 32.0 Å². The zero-order valence-corrected chi connectivity index (χ0v) is 15.7. The van der Waals surface area contributed by atoms with E-state index in [1.165, 1.54) is 18.2 Å². The monoisotopic (exact) mass is 387 g/mol. The van der Waals surface area contributed by atoms with Crippen molar-refractivity contribution in [3.05, 3.63) is 64.2 Å². The van der Waals surface area contributed by atoms with Gasteiger partial charge in [-0.2, -0.15) is 5.43 Å². The Morgan fingerprint density at radius 3 is 2.64 bits per heavy atom. The Hall–Kier alpha value is -3.62. The molecule has 3 N–H and O–H groups in total. The molecular weight excluding hydrogens is 364 g/mol. The van der Waals surface area contributed by atoms with E-state index in [2.05, 4.69) is 15.8 Å². The van der Waals surface area contributed by atoms with Crippen LogP contribution in [0.2, 0.25) is 0 Å². The highest BCUT2D eigenvalue weighted by atomic mass is 16.6. The molecule has 2 aromatic carbocycles. The minimum Gasteiger partial charge on any atom is -0.490 e. The summed E-state index contributed by atoms with van der Waals surface area (Å²) in [6, 6.07) is 13.5. The summed E-state index contributed by atoms with van der Waals surface area (Å²) >= 11 is 0. The van der Waals surface area contributed by atoms with E-state index >= 15 is 0 Å². The van der Waals surface area contributed by atoms with Gasteiger partial charge in [0.15, 0.2) is 0 Å². The summed E-state index contributed by atoms with van der Waals surface area (Å²) in [5.41, 5.74) is 6.94. The van der Waals surface area contributed by atoms with E-state index in [1.807, 2.05) is 31.2 Å². The molecule has 0 saturated heterocycles. The first-order chi connectivity index (χ1) is 13.5. The molecule has 0 aromatic heterocycles. The van der Waals surface area contributed by atoms with Crippen LogP contribution in [0.3, 0.4) is 0 Å². The molecule has 0 aliphatic rings. The summed E-state index contributed by atoms with van der Waals surface area (Å²) in [4.78, 5) is 25.3. The zero-order chi connectivity index (χ0) is 20.4. The molecule has 0 atom stereocenters. The van der Waals surface area contributed by atoms with Gasteiger partial charge in [-0.3, -0.25) is 15.1 Å². The number of rotatable bonds is 8. The predicted octanol–water partition coefficient (Wildman–Crippen LogP) is 0.941. The van der Waals surface area contributed by atoms with E-state index in [-0.39, 0.29) is 18.1 Å². The molecule has 9 nitrogen and oxygen atoms in total. The number of non-ortho nitro benzene ring substituents is 1. The zero-order valence-electron chi connectivity index (χ0n) is 15.7. The molecule has 0 aliphatic carbocycles. The number of nitrogens with one attached hydrogen (secondary N) is 3. The molecule has 9 heteroatoms. The number of carbonyl (C=O) groups is 1. The van der Waals surface area contributed by atoms with Crippen LogP contribution >= 0.6 is 0 Å². The number of esters is 1. The van der Waals surface area contributed by atoms with Crippen LogP contribution < -0.4 is 20.6 Å². The number of hydrogen-bond donors (Lipinski definition) is 3. The fourth-order valence-corrected chi connectivity index (χ4v) is 2.18. The van der Waals surface area contributed by atoms with Crippen LogP contribution in [0.5, 0.6) is 5.75 Å². The van der Waals surface area contributed by atoms with E-state index in [4.69, 9.17) is 9.47 Å². The summed E-state index contributed by atoms with van der Waals surface area (Å²) in [5.74, 6) is 0.212. The van der Waals surface area contributed by atoms with Crippen molar-refractivity contribution in [2.45, 2.75) is 13.8 Å². The first-order valence-electron chi connectivity index (χ1n) is 8.73. The van der Waals surface area contributed by atoms with Crippen molar-refractivity contribution in [1.82, 2.24) is 5.43 Å². The van der Waals surface area contributed by atoms with Gasteiger partial charge in [-0.15, -0.1) is 0 Å². The van der Waals surface area contributed by atoms with Crippen LogP contribution in [0, 0.1) is 17.0 Å². The van der Waals surface area contributed by atoms with Gasteiger partial charge in [-0.1, -0.05) is 23.8 Å². The van der Waals surface area contributed by atoms with Crippen LogP contribution in [0.15, 0.2) is 48.5 Å². The maximum atomic E-state index is 12.1. The van der Waals surface area contributed by atoms with Crippen molar-refractivity contribution in [3.63, 3.8) is 0 Å². The average molecular weight is 387 g/mol.